The zero-order chi connectivity index (χ0) is 15.4. The normalized spacial score (nSPS) is 10.1. The lowest BCUT2D eigenvalue weighted by atomic mass is 10.1. The first-order valence-electron chi connectivity index (χ1n) is 6.12. The first-order chi connectivity index (χ1) is 10.0. The van der Waals surface area contributed by atoms with Crippen LogP contribution in [0.3, 0.4) is 0 Å². The number of carboxylic acid groups (broad SMARTS) is 1. The van der Waals surface area contributed by atoms with Crippen molar-refractivity contribution < 1.29 is 24.5 Å². The Morgan fingerprint density at radius 3 is 2.62 bits per heavy atom. The van der Waals surface area contributed by atoms with E-state index in [1.54, 1.807) is 24.3 Å². The maximum absolute atomic E-state index is 11.1. The predicted molar refractivity (Wildman–Crippen MR) is 76.8 cm³/mol. The number of aromatic hydroxyl groups is 1. The lowest BCUT2D eigenvalue weighted by Gasteiger charge is -2.13. The van der Waals surface area contributed by atoms with Crippen LogP contribution in [0.25, 0.3) is 0 Å². The van der Waals surface area contributed by atoms with Crippen LogP contribution in [-0.4, -0.2) is 23.3 Å². The van der Waals surface area contributed by atoms with E-state index in [9.17, 15) is 9.90 Å². The van der Waals surface area contributed by atoms with Gasteiger partial charge in [0.2, 0.25) is 0 Å². The topological polar surface area (TPSA) is 102 Å². The van der Waals surface area contributed by atoms with E-state index in [0.717, 1.165) is 5.56 Å². The van der Waals surface area contributed by atoms with Crippen molar-refractivity contribution in [3.05, 3.63) is 47.5 Å². The number of carboxylic acids is 1. The quantitative estimate of drug-likeness (QED) is 0.730. The molecule has 0 heterocycles. The van der Waals surface area contributed by atoms with E-state index in [2.05, 4.69) is 0 Å². The molecule has 0 aromatic heterocycles. The average Bonchev–Trinajstić information content (AvgIpc) is 2.45. The van der Waals surface area contributed by atoms with Gasteiger partial charge in [-0.05, 0) is 17.7 Å². The number of hydrogen-bond acceptors (Lipinski definition) is 5. The number of phenols is 1. The standard InChI is InChI=1S/C15H15NO5/c1-20-13-7-12(16)11(15(18)19)6-14(13)21-8-9-3-2-4-10(17)5-9/h2-7,17H,8,16H2,1H3,(H,18,19). The summed E-state index contributed by atoms with van der Waals surface area (Å²) >= 11 is 0. The van der Waals surface area contributed by atoms with Gasteiger partial charge in [0.15, 0.2) is 11.5 Å². The molecular formula is C15H15NO5. The van der Waals surface area contributed by atoms with Crippen LogP contribution < -0.4 is 15.2 Å². The fourth-order valence-corrected chi connectivity index (χ4v) is 1.84. The molecule has 0 aliphatic rings. The molecule has 21 heavy (non-hydrogen) atoms. The summed E-state index contributed by atoms with van der Waals surface area (Å²) in [7, 11) is 1.44. The third-order valence-corrected chi connectivity index (χ3v) is 2.87. The predicted octanol–water partition coefficient (Wildman–Crippen LogP) is 2.26. The number of methoxy groups -OCH3 is 1. The van der Waals surface area contributed by atoms with Crippen molar-refractivity contribution in [3.8, 4) is 17.2 Å². The zero-order valence-corrected chi connectivity index (χ0v) is 11.4. The highest BCUT2D eigenvalue weighted by atomic mass is 16.5. The fraction of sp³-hybridized carbons (Fsp3) is 0.133. The zero-order valence-electron chi connectivity index (χ0n) is 11.4. The van der Waals surface area contributed by atoms with Gasteiger partial charge in [0.25, 0.3) is 0 Å². The van der Waals surface area contributed by atoms with Crippen LogP contribution >= 0.6 is 0 Å². The van der Waals surface area contributed by atoms with Crippen molar-refractivity contribution in [2.24, 2.45) is 0 Å². The van der Waals surface area contributed by atoms with Gasteiger partial charge in [-0.1, -0.05) is 12.1 Å². The Morgan fingerprint density at radius 2 is 2.00 bits per heavy atom. The number of anilines is 1. The molecule has 110 valence electrons. The Kier molecular flexibility index (Phi) is 4.18. The van der Waals surface area contributed by atoms with Crippen LogP contribution in [0.1, 0.15) is 15.9 Å². The van der Waals surface area contributed by atoms with Gasteiger partial charge in [-0.3, -0.25) is 0 Å². The summed E-state index contributed by atoms with van der Waals surface area (Å²) in [5, 5.41) is 18.5. The van der Waals surface area contributed by atoms with Crippen molar-refractivity contribution in [1.29, 1.82) is 0 Å². The van der Waals surface area contributed by atoms with Crippen LogP contribution in [0.4, 0.5) is 5.69 Å². The molecular weight excluding hydrogens is 274 g/mol. The van der Waals surface area contributed by atoms with Gasteiger partial charge in [-0.2, -0.15) is 0 Å². The summed E-state index contributed by atoms with van der Waals surface area (Å²) in [6.45, 7) is 0.160. The second-order valence-corrected chi connectivity index (χ2v) is 4.35. The van der Waals surface area contributed by atoms with Crippen molar-refractivity contribution in [1.82, 2.24) is 0 Å². The van der Waals surface area contributed by atoms with Crippen LogP contribution in [0, 0.1) is 0 Å². The van der Waals surface area contributed by atoms with Gasteiger partial charge in [-0.15, -0.1) is 0 Å². The number of nitrogens with two attached hydrogens (primary N) is 1. The number of ether oxygens (including phenoxy) is 2. The Bertz CT molecular complexity index is 669. The molecule has 0 bridgehead atoms. The molecule has 6 heteroatoms. The average molecular weight is 289 g/mol. The maximum Gasteiger partial charge on any atom is 0.337 e. The van der Waals surface area contributed by atoms with Gasteiger partial charge in [-0.25, -0.2) is 4.79 Å². The number of phenolic OH excluding ortho intramolecular Hbond substituents is 1. The molecule has 0 saturated heterocycles. The van der Waals surface area contributed by atoms with Crippen molar-refractivity contribution in [2.45, 2.75) is 6.61 Å². The first-order valence-corrected chi connectivity index (χ1v) is 6.12. The lowest BCUT2D eigenvalue weighted by molar-refractivity contribution is 0.0697. The highest BCUT2D eigenvalue weighted by molar-refractivity contribution is 5.94. The van der Waals surface area contributed by atoms with E-state index in [4.69, 9.17) is 20.3 Å². The number of benzene rings is 2. The molecule has 2 rings (SSSR count). The lowest BCUT2D eigenvalue weighted by Crippen LogP contribution is -2.05. The third kappa shape index (κ3) is 3.36. The van der Waals surface area contributed by atoms with Crippen molar-refractivity contribution in [2.75, 3.05) is 12.8 Å². The second kappa shape index (κ2) is 6.04. The van der Waals surface area contributed by atoms with E-state index in [1.807, 2.05) is 0 Å². The Labute approximate surface area is 121 Å². The highest BCUT2D eigenvalue weighted by Gasteiger charge is 2.14. The van der Waals surface area contributed by atoms with E-state index in [-0.39, 0.29) is 29.4 Å². The first kappa shape index (κ1) is 14.5. The van der Waals surface area contributed by atoms with Crippen LogP contribution in [-0.2, 0) is 6.61 Å². The summed E-state index contributed by atoms with van der Waals surface area (Å²) in [5.74, 6) is -0.394. The minimum absolute atomic E-state index is 0.0540. The van der Waals surface area contributed by atoms with E-state index >= 15 is 0 Å². The molecule has 0 amide bonds. The summed E-state index contributed by atoms with van der Waals surface area (Å²) < 4.78 is 10.7. The fourth-order valence-electron chi connectivity index (χ4n) is 1.84. The Morgan fingerprint density at radius 1 is 1.24 bits per heavy atom. The molecule has 0 saturated carbocycles. The smallest absolute Gasteiger partial charge is 0.337 e. The second-order valence-electron chi connectivity index (χ2n) is 4.35. The largest absolute Gasteiger partial charge is 0.508 e. The number of rotatable bonds is 5. The Balaban J connectivity index is 2.26. The number of aromatic carboxylic acids is 1. The molecule has 0 aliphatic heterocycles. The van der Waals surface area contributed by atoms with E-state index < -0.39 is 5.97 Å². The van der Waals surface area contributed by atoms with Crippen LogP contribution in [0.2, 0.25) is 0 Å². The van der Waals surface area contributed by atoms with Gasteiger partial charge < -0.3 is 25.4 Å². The number of nitrogen functional groups attached to an aromatic ring is 1. The van der Waals surface area contributed by atoms with Gasteiger partial charge in [0.05, 0.1) is 18.4 Å². The van der Waals surface area contributed by atoms with Gasteiger partial charge >= 0.3 is 5.97 Å². The minimum atomic E-state index is -1.14. The molecule has 0 aliphatic carbocycles. The maximum atomic E-state index is 11.1. The molecule has 0 radical (unpaired) electrons. The molecule has 2 aromatic rings. The molecule has 0 unspecified atom stereocenters. The Hall–Kier alpha value is -2.89. The summed E-state index contributed by atoms with van der Waals surface area (Å²) in [4.78, 5) is 11.1. The van der Waals surface area contributed by atoms with Crippen molar-refractivity contribution in [3.63, 3.8) is 0 Å². The van der Waals surface area contributed by atoms with Gasteiger partial charge in [0, 0.05) is 12.1 Å². The van der Waals surface area contributed by atoms with Crippen molar-refractivity contribution >= 4 is 11.7 Å². The summed E-state index contributed by atoms with van der Waals surface area (Å²) in [6, 6.07) is 9.30. The summed E-state index contributed by atoms with van der Waals surface area (Å²) in [5.41, 5.74) is 6.43. The third-order valence-electron chi connectivity index (χ3n) is 2.87. The molecule has 0 spiro atoms. The monoisotopic (exact) mass is 289 g/mol. The summed E-state index contributed by atoms with van der Waals surface area (Å²) in [6.07, 6.45) is 0. The minimum Gasteiger partial charge on any atom is -0.508 e. The molecule has 0 atom stereocenters. The molecule has 2 aromatic carbocycles. The molecule has 6 nitrogen and oxygen atoms in total. The van der Waals surface area contributed by atoms with E-state index in [1.165, 1.54) is 19.2 Å². The number of hydrogen-bond donors (Lipinski definition) is 3. The highest BCUT2D eigenvalue weighted by Crippen LogP contribution is 2.33. The molecule has 0 fully saturated rings. The van der Waals surface area contributed by atoms with E-state index in [0.29, 0.717) is 5.75 Å². The number of carbonyl (C=O) groups is 1. The molecule has 4 N–H and O–H groups in total. The van der Waals surface area contributed by atoms with Crippen LogP contribution in [0.15, 0.2) is 36.4 Å². The van der Waals surface area contributed by atoms with Gasteiger partial charge in [0.1, 0.15) is 12.4 Å². The SMILES string of the molecule is COc1cc(N)c(C(=O)O)cc1OCc1cccc(O)c1. The van der Waals surface area contributed by atoms with Crippen LogP contribution in [0.5, 0.6) is 17.2 Å².